The summed E-state index contributed by atoms with van der Waals surface area (Å²) < 4.78 is 0. The first-order chi connectivity index (χ1) is 7.65. The number of para-hydroxylation sites is 1. The van der Waals surface area contributed by atoms with Crippen LogP contribution in [0.2, 0.25) is 0 Å². The van der Waals surface area contributed by atoms with Gasteiger partial charge in [0, 0.05) is 19.3 Å². The summed E-state index contributed by atoms with van der Waals surface area (Å²) in [6, 6.07) is 7.52. The SMILES string of the molecule is CNc1ccccc1C(=O)NCCC(C)C. The van der Waals surface area contributed by atoms with Gasteiger partial charge in [-0.2, -0.15) is 0 Å². The Morgan fingerprint density at radius 2 is 2.00 bits per heavy atom. The maximum Gasteiger partial charge on any atom is 0.253 e. The van der Waals surface area contributed by atoms with Crippen molar-refractivity contribution >= 4 is 11.6 Å². The number of rotatable bonds is 5. The van der Waals surface area contributed by atoms with Crippen molar-refractivity contribution in [1.82, 2.24) is 5.32 Å². The third kappa shape index (κ3) is 3.57. The van der Waals surface area contributed by atoms with Gasteiger partial charge in [0.2, 0.25) is 0 Å². The number of nitrogens with one attached hydrogen (secondary N) is 2. The van der Waals surface area contributed by atoms with E-state index in [0.29, 0.717) is 11.5 Å². The number of carbonyl (C=O) groups is 1. The predicted molar refractivity (Wildman–Crippen MR) is 67.8 cm³/mol. The molecule has 0 atom stereocenters. The lowest BCUT2D eigenvalue weighted by Gasteiger charge is -2.10. The van der Waals surface area contributed by atoms with Crippen LogP contribution in [0.5, 0.6) is 0 Å². The lowest BCUT2D eigenvalue weighted by atomic mass is 10.1. The zero-order chi connectivity index (χ0) is 12.0. The summed E-state index contributed by atoms with van der Waals surface area (Å²) in [7, 11) is 1.82. The molecule has 1 aromatic carbocycles. The van der Waals surface area contributed by atoms with Crippen molar-refractivity contribution in [2.24, 2.45) is 5.92 Å². The fourth-order valence-corrected chi connectivity index (χ4v) is 1.47. The number of hydrogen-bond acceptors (Lipinski definition) is 2. The zero-order valence-corrected chi connectivity index (χ0v) is 10.2. The zero-order valence-electron chi connectivity index (χ0n) is 10.2. The summed E-state index contributed by atoms with van der Waals surface area (Å²) in [4.78, 5) is 11.9. The summed E-state index contributed by atoms with van der Waals surface area (Å²) in [5.74, 6) is 0.602. The first kappa shape index (κ1) is 12.6. The number of anilines is 1. The Morgan fingerprint density at radius 1 is 1.31 bits per heavy atom. The van der Waals surface area contributed by atoms with Crippen molar-refractivity contribution in [1.29, 1.82) is 0 Å². The molecular formula is C13H20N2O. The highest BCUT2D eigenvalue weighted by Crippen LogP contribution is 2.13. The smallest absolute Gasteiger partial charge is 0.253 e. The van der Waals surface area contributed by atoms with Gasteiger partial charge in [-0.05, 0) is 24.5 Å². The topological polar surface area (TPSA) is 41.1 Å². The Labute approximate surface area is 97.2 Å². The third-order valence-electron chi connectivity index (χ3n) is 2.45. The van der Waals surface area contributed by atoms with Gasteiger partial charge in [-0.25, -0.2) is 0 Å². The van der Waals surface area contributed by atoms with E-state index in [2.05, 4.69) is 24.5 Å². The standard InChI is InChI=1S/C13H20N2O/c1-10(2)8-9-15-13(16)11-6-4-5-7-12(11)14-3/h4-7,10,14H,8-9H2,1-3H3,(H,15,16). The maximum absolute atomic E-state index is 11.9. The van der Waals surface area contributed by atoms with Crippen LogP contribution < -0.4 is 10.6 Å². The molecule has 3 heteroatoms. The monoisotopic (exact) mass is 220 g/mol. The molecule has 0 unspecified atom stereocenters. The Morgan fingerprint density at radius 3 is 2.62 bits per heavy atom. The average molecular weight is 220 g/mol. The molecular weight excluding hydrogens is 200 g/mol. The molecule has 16 heavy (non-hydrogen) atoms. The second-order valence-electron chi connectivity index (χ2n) is 4.23. The van der Waals surface area contributed by atoms with Crippen LogP contribution in [0, 0.1) is 5.92 Å². The molecule has 0 spiro atoms. The van der Waals surface area contributed by atoms with E-state index in [1.54, 1.807) is 0 Å². The van der Waals surface area contributed by atoms with Crippen LogP contribution in [0.25, 0.3) is 0 Å². The summed E-state index contributed by atoms with van der Waals surface area (Å²) in [6.07, 6.45) is 1.01. The van der Waals surface area contributed by atoms with Gasteiger partial charge < -0.3 is 10.6 Å². The first-order valence-corrected chi connectivity index (χ1v) is 5.70. The summed E-state index contributed by atoms with van der Waals surface area (Å²) in [5.41, 5.74) is 1.57. The lowest BCUT2D eigenvalue weighted by Crippen LogP contribution is -2.26. The molecule has 1 amide bonds. The number of benzene rings is 1. The predicted octanol–water partition coefficient (Wildman–Crippen LogP) is 2.50. The molecule has 0 bridgehead atoms. The van der Waals surface area contributed by atoms with E-state index in [9.17, 15) is 4.79 Å². The minimum atomic E-state index is -0.00870. The molecule has 0 saturated heterocycles. The normalized spacial score (nSPS) is 10.2. The van der Waals surface area contributed by atoms with E-state index in [1.807, 2.05) is 31.3 Å². The highest BCUT2D eigenvalue weighted by molar-refractivity contribution is 5.99. The van der Waals surface area contributed by atoms with Crippen LogP contribution >= 0.6 is 0 Å². The molecule has 2 N–H and O–H groups in total. The van der Waals surface area contributed by atoms with Gasteiger partial charge in [0.05, 0.1) is 5.56 Å². The Bertz CT molecular complexity index is 348. The summed E-state index contributed by atoms with van der Waals surface area (Å²) in [6.45, 7) is 5.02. The van der Waals surface area contributed by atoms with Gasteiger partial charge in [0.25, 0.3) is 5.91 Å². The number of carbonyl (C=O) groups excluding carboxylic acids is 1. The van der Waals surface area contributed by atoms with Crippen LogP contribution in [0.3, 0.4) is 0 Å². The Hall–Kier alpha value is -1.51. The minimum absolute atomic E-state index is 0.00870. The minimum Gasteiger partial charge on any atom is -0.387 e. The van der Waals surface area contributed by atoms with Crippen molar-refractivity contribution < 1.29 is 4.79 Å². The van der Waals surface area contributed by atoms with Crippen molar-refractivity contribution in [2.75, 3.05) is 18.9 Å². The molecule has 0 aliphatic rings. The fraction of sp³-hybridized carbons (Fsp3) is 0.462. The van der Waals surface area contributed by atoms with E-state index in [4.69, 9.17) is 0 Å². The molecule has 0 aromatic heterocycles. The fourth-order valence-electron chi connectivity index (χ4n) is 1.47. The molecule has 1 aromatic rings. The molecule has 0 aliphatic carbocycles. The molecule has 88 valence electrons. The molecule has 0 heterocycles. The average Bonchev–Trinajstić information content (AvgIpc) is 2.28. The first-order valence-electron chi connectivity index (χ1n) is 5.70. The van der Waals surface area contributed by atoms with Gasteiger partial charge in [0.15, 0.2) is 0 Å². The molecule has 0 aliphatic heterocycles. The van der Waals surface area contributed by atoms with E-state index < -0.39 is 0 Å². The molecule has 0 fully saturated rings. The van der Waals surface area contributed by atoms with E-state index in [-0.39, 0.29) is 5.91 Å². The second-order valence-corrected chi connectivity index (χ2v) is 4.23. The Kier molecular flexibility index (Phi) is 4.83. The van der Waals surface area contributed by atoms with Gasteiger partial charge in [-0.1, -0.05) is 26.0 Å². The Balaban J connectivity index is 2.59. The van der Waals surface area contributed by atoms with Crippen LogP contribution in [0.4, 0.5) is 5.69 Å². The van der Waals surface area contributed by atoms with Crippen molar-refractivity contribution in [3.63, 3.8) is 0 Å². The van der Waals surface area contributed by atoms with Gasteiger partial charge in [-0.15, -0.1) is 0 Å². The van der Waals surface area contributed by atoms with Crippen LogP contribution in [0.15, 0.2) is 24.3 Å². The van der Waals surface area contributed by atoms with Crippen LogP contribution in [-0.4, -0.2) is 19.5 Å². The quantitative estimate of drug-likeness (QED) is 0.800. The van der Waals surface area contributed by atoms with E-state index in [1.165, 1.54) is 0 Å². The van der Waals surface area contributed by atoms with Gasteiger partial charge in [-0.3, -0.25) is 4.79 Å². The summed E-state index contributed by atoms with van der Waals surface area (Å²) in [5, 5.41) is 5.94. The molecule has 3 nitrogen and oxygen atoms in total. The summed E-state index contributed by atoms with van der Waals surface area (Å²) >= 11 is 0. The van der Waals surface area contributed by atoms with Crippen molar-refractivity contribution in [3.8, 4) is 0 Å². The highest BCUT2D eigenvalue weighted by Gasteiger charge is 2.08. The van der Waals surface area contributed by atoms with E-state index >= 15 is 0 Å². The third-order valence-corrected chi connectivity index (χ3v) is 2.45. The van der Waals surface area contributed by atoms with Gasteiger partial charge >= 0.3 is 0 Å². The highest BCUT2D eigenvalue weighted by atomic mass is 16.1. The maximum atomic E-state index is 11.9. The van der Waals surface area contributed by atoms with E-state index in [0.717, 1.165) is 18.7 Å². The van der Waals surface area contributed by atoms with Gasteiger partial charge in [0.1, 0.15) is 0 Å². The number of hydrogen-bond donors (Lipinski definition) is 2. The molecule has 0 radical (unpaired) electrons. The molecule has 1 rings (SSSR count). The lowest BCUT2D eigenvalue weighted by molar-refractivity contribution is 0.0953. The number of amides is 1. The van der Waals surface area contributed by atoms with Crippen molar-refractivity contribution in [2.45, 2.75) is 20.3 Å². The van der Waals surface area contributed by atoms with Crippen LogP contribution in [-0.2, 0) is 0 Å². The van der Waals surface area contributed by atoms with Crippen molar-refractivity contribution in [3.05, 3.63) is 29.8 Å². The molecule has 0 saturated carbocycles. The van der Waals surface area contributed by atoms with Crippen LogP contribution in [0.1, 0.15) is 30.6 Å². The largest absolute Gasteiger partial charge is 0.387 e. The second kappa shape index (κ2) is 6.16.